The van der Waals surface area contributed by atoms with E-state index >= 15 is 0 Å². The zero-order valence-electron chi connectivity index (χ0n) is 21.9. The van der Waals surface area contributed by atoms with E-state index in [4.69, 9.17) is 19.2 Å². The molecule has 1 amide bonds. The average Bonchev–Trinajstić information content (AvgIpc) is 3.41. The molecule has 0 unspecified atom stereocenters. The summed E-state index contributed by atoms with van der Waals surface area (Å²) in [6.07, 6.45) is 0.732. The Labute approximate surface area is 232 Å². The minimum Gasteiger partial charge on any atom is -0.497 e. The van der Waals surface area contributed by atoms with Crippen LogP contribution in [0.4, 0.5) is 10.8 Å². The van der Waals surface area contributed by atoms with Gasteiger partial charge in [-0.15, -0.1) is 23.7 Å². The first-order chi connectivity index (χ1) is 17.9. The van der Waals surface area contributed by atoms with Crippen LogP contribution in [0.25, 0.3) is 11.3 Å². The Balaban J connectivity index is 0.00000507. The van der Waals surface area contributed by atoms with E-state index in [1.165, 1.54) is 23.5 Å². The van der Waals surface area contributed by atoms with E-state index in [-0.39, 0.29) is 36.4 Å². The second kappa shape index (κ2) is 15.1. The van der Waals surface area contributed by atoms with Crippen LogP contribution in [0.3, 0.4) is 0 Å². The highest BCUT2D eigenvalue weighted by atomic mass is 35.5. The van der Waals surface area contributed by atoms with Gasteiger partial charge in [0.05, 0.1) is 24.8 Å². The van der Waals surface area contributed by atoms with Gasteiger partial charge in [-0.05, 0) is 50.3 Å². The van der Waals surface area contributed by atoms with Gasteiger partial charge in [-0.1, -0.05) is 26.0 Å². The number of amides is 1. The Bertz CT molecular complexity index is 1200. The van der Waals surface area contributed by atoms with Gasteiger partial charge in [0.1, 0.15) is 11.5 Å². The number of carbonyl (C=O) groups is 1. The highest BCUT2D eigenvalue weighted by Crippen LogP contribution is 2.36. The number of para-hydroxylation sites is 2. The molecular formula is C26H33ClN4O6S. The molecule has 1 heterocycles. The minimum absolute atomic E-state index is 0. The van der Waals surface area contributed by atoms with E-state index in [0.717, 1.165) is 31.6 Å². The van der Waals surface area contributed by atoms with Gasteiger partial charge in [0.15, 0.2) is 17.5 Å². The first-order valence-electron chi connectivity index (χ1n) is 12.0. The van der Waals surface area contributed by atoms with E-state index in [0.29, 0.717) is 28.9 Å². The summed E-state index contributed by atoms with van der Waals surface area (Å²) in [6, 6.07) is 11.4. The highest BCUT2D eigenvalue weighted by molar-refractivity contribution is 7.14. The molecule has 3 aromatic rings. The molecule has 2 aromatic carbocycles. The number of hydrogen-bond acceptors (Lipinski definition) is 9. The minimum atomic E-state index is -0.531. The fraction of sp³-hybridized carbons (Fsp3) is 0.385. The van der Waals surface area contributed by atoms with Crippen LogP contribution in [0.1, 0.15) is 20.3 Å². The summed E-state index contributed by atoms with van der Waals surface area (Å²) >= 11 is 1.33. The van der Waals surface area contributed by atoms with Crippen molar-refractivity contribution in [2.45, 2.75) is 20.3 Å². The van der Waals surface area contributed by atoms with E-state index in [1.807, 2.05) is 11.4 Å². The summed E-state index contributed by atoms with van der Waals surface area (Å²) in [5.74, 6) is 1.01. The standard InChI is InChI=1S/C26H32N4O6S.ClH/c1-5-28(6-2)14-9-15-29(25(31)17-36-24-11-8-7-10-22(24)30(32)33)26-27-21(18-37-26)20-16-19(34-3)12-13-23(20)35-4;/h7-8,10-13,16,18H,5-6,9,14-15,17H2,1-4H3;1H. The quantitative estimate of drug-likeness (QED) is 0.192. The highest BCUT2D eigenvalue weighted by Gasteiger charge is 2.23. The summed E-state index contributed by atoms with van der Waals surface area (Å²) in [5, 5.41) is 13.7. The number of rotatable bonds is 14. The molecule has 0 aliphatic carbocycles. The van der Waals surface area contributed by atoms with Crippen LogP contribution in [0.15, 0.2) is 47.8 Å². The van der Waals surface area contributed by atoms with Crippen molar-refractivity contribution < 1.29 is 23.9 Å². The first kappa shape index (κ1) is 30.8. The molecule has 38 heavy (non-hydrogen) atoms. The molecule has 0 bridgehead atoms. The fourth-order valence-electron chi connectivity index (χ4n) is 3.79. The van der Waals surface area contributed by atoms with E-state index in [9.17, 15) is 14.9 Å². The molecule has 0 saturated carbocycles. The predicted molar refractivity (Wildman–Crippen MR) is 151 cm³/mol. The van der Waals surface area contributed by atoms with Gasteiger partial charge in [0.25, 0.3) is 5.91 Å². The molecule has 0 spiro atoms. The molecule has 3 rings (SSSR count). The van der Waals surface area contributed by atoms with E-state index in [1.54, 1.807) is 43.4 Å². The Hall–Kier alpha value is -3.41. The van der Waals surface area contributed by atoms with Crippen LogP contribution in [0.2, 0.25) is 0 Å². The van der Waals surface area contributed by atoms with Crippen molar-refractivity contribution in [3.63, 3.8) is 0 Å². The number of anilines is 1. The van der Waals surface area contributed by atoms with Crippen molar-refractivity contribution in [1.29, 1.82) is 0 Å². The normalized spacial score (nSPS) is 10.6. The number of halogens is 1. The van der Waals surface area contributed by atoms with Crippen molar-refractivity contribution in [3.8, 4) is 28.5 Å². The first-order valence-corrected chi connectivity index (χ1v) is 12.9. The lowest BCUT2D eigenvalue weighted by molar-refractivity contribution is -0.385. The van der Waals surface area contributed by atoms with Crippen molar-refractivity contribution in [2.24, 2.45) is 0 Å². The van der Waals surface area contributed by atoms with Crippen molar-refractivity contribution >= 4 is 40.5 Å². The summed E-state index contributed by atoms with van der Waals surface area (Å²) in [6.45, 7) is 6.93. The molecule has 0 fully saturated rings. The van der Waals surface area contributed by atoms with Gasteiger partial charge >= 0.3 is 5.69 Å². The molecule has 0 aliphatic heterocycles. The van der Waals surface area contributed by atoms with Crippen LogP contribution >= 0.6 is 23.7 Å². The smallest absolute Gasteiger partial charge is 0.310 e. The Morgan fingerprint density at radius 3 is 2.45 bits per heavy atom. The van der Waals surface area contributed by atoms with Gasteiger partial charge in [-0.25, -0.2) is 4.98 Å². The Morgan fingerprint density at radius 1 is 1.05 bits per heavy atom. The van der Waals surface area contributed by atoms with Gasteiger partial charge in [-0.2, -0.15) is 0 Å². The van der Waals surface area contributed by atoms with Crippen LogP contribution < -0.4 is 19.1 Å². The monoisotopic (exact) mass is 564 g/mol. The molecule has 0 aliphatic rings. The van der Waals surface area contributed by atoms with Crippen LogP contribution in [0, 0.1) is 10.1 Å². The maximum atomic E-state index is 13.3. The Kier molecular flexibility index (Phi) is 12.3. The number of nitro benzene ring substituents is 1. The number of nitrogens with zero attached hydrogens (tertiary/aromatic N) is 4. The number of thiazole rings is 1. The van der Waals surface area contributed by atoms with Gasteiger partial charge in [0, 0.05) is 23.6 Å². The van der Waals surface area contributed by atoms with Gasteiger partial charge < -0.3 is 19.1 Å². The lowest BCUT2D eigenvalue weighted by Gasteiger charge is -2.23. The fourth-order valence-corrected chi connectivity index (χ4v) is 4.66. The molecule has 10 nitrogen and oxygen atoms in total. The third kappa shape index (κ3) is 7.80. The molecular weight excluding hydrogens is 532 g/mol. The maximum absolute atomic E-state index is 13.3. The van der Waals surface area contributed by atoms with Crippen LogP contribution in [-0.4, -0.2) is 67.7 Å². The van der Waals surface area contributed by atoms with Crippen LogP contribution in [0.5, 0.6) is 17.2 Å². The lowest BCUT2D eigenvalue weighted by Crippen LogP contribution is -2.37. The molecule has 0 radical (unpaired) electrons. The van der Waals surface area contributed by atoms with Gasteiger partial charge in [-0.3, -0.25) is 19.8 Å². The topological polar surface area (TPSA) is 107 Å². The number of carbonyl (C=O) groups excluding carboxylic acids is 1. The number of benzene rings is 2. The predicted octanol–water partition coefficient (Wildman–Crippen LogP) is 5.30. The maximum Gasteiger partial charge on any atom is 0.310 e. The molecule has 0 atom stereocenters. The molecule has 0 N–H and O–H groups in total. The summed E-state index contributed by atoms with van der Waals surface area (Å²) in [4.78, 5) is 32.7. The third-order valence-electron chi connectivity index (χ3n) is 5.87. The molecule has 1 aromatic heterocycles. The number of methoxy groups -OCH3 is 2. The third-order valence-corrected chi connectivity index (χ3v) is 6.73. The number of nitro groups is 1. The molecule has 12 heteroatoms. The Morgan fingerprint density at radius 2 is 1.79 bits per heavy atom. The molecule has 206 valence electrons. The van der Waals surface area contributed by atoms with Crippen LogP contribution in [-0.2, 0) is 4.79 Å². The SMILES string of the molecule is CCN(CC)CCCN(C(=O)COc1ccccc1[N+](=O)[O-])c1nc(-c2cc(OC)ccc2OC)cs1.Cl. The van der Waals surface area contributed by atoms with E-state index in [2.05, 4.69) is 18.7 Å². The zero-order valence-corrected chi connectivity index (χ0v) is 23.5. The second-order valence-corrected chi connectivity index (χ2v) is 8.86. The summed E-state index contributed by atoms with van der Waals surface area (Å²) in [7, 11) is 3.17. The lowest BCUT2D eigenvalue weighted by atomic mass is 10.1. The summed E-state index contributed by atoms with van der Waals surface area (Å²) < 4.78 is 16.4. The second-order valence-electron chi connectivity index (χ2n) is 8.02. The van der Waals surface area contributed by atoms with Crippen molar-refractivity contribution in [1.82, 2.24) is 9.88 Å². The zero-order chi connectivity index (χ0) is 26.8. The van der Waals surface area contributed by atoms with E-state index < -0.39 is 4.92 Å². The largest absolute Gasteiger partial charge is 0.497 e. The van der Waals surface area contributed by atoms with Crippen molar-refractivity contribution in [2.75, 3.05) is 51.9 Å². The number of ether oxygens (including phenoxy) is 3. The summed E-state index contributed by atoms with van der Waals surface area (Å²) in [5.41, 5.74) is 1.21. The number of hydrogen-bond donors (Lipinski definition) is 0. The van der Waals surface area contributed by atoms with Gasteiger partial charge in [0.2, 0.25) is 0 Å². The average molecular weight is 565 g/mol. The number of aromatic nitrogens is 1. The van der Waals surface area contributed by atoms with Crippen molar-refractivity contribution in [3.05, 3.63) is 58.0 Å². The molecule has 0 saturated heterocycles.